The van der Waals surface area contributed by atoms with Crippen molar-refractivity contribution in [3.63, 3.8) is 0 Å². The quantitative estimate of drug-likeness (QED) is 0.229. The number of aromatic amines is 1. The molecule has 7 heteroatoms. The third-order valence-electron chi connectivity index (χ3n) is 5.32. The van der Waals surface area contributed by atoms with Crippen molar-refractivity contribution in [2.45, 2.75) is 78.2 Å². The van der Waals surface area contributed by atoms with E-state index in [0.29, 0.717) is 29.6 Å². The van der Waals surface area contributed by atoms with Gasteiger partial charge < -0.3 is 20.8 Å². The van der Waals surface area contributed by atoms with Gasteiger partial charge in [-0.1, -0.05) is 38.4 Å². The summed E-state index contributed by atoms with van der Waals surface area (Å²) in [6.45, 7) is 8.45. The summed E-state index contributed by atoms with van der Waals surface area (Å²) in [5, 5.41) is 3.88. The van der Waals surface area contributed by atoms with Crippen molar-refractivity contribution in [1.29, 1.82) is 0 Å². The van der Waals surface area contributed by atoms with Crippen LogP contribution in [0.5, 0.6) is 0 Å². The van der Waals surface area contributed by atoms with Gasteiger partial charge in [0, 0.05) is 29.4 Å². The van der Waals surface area contributed by atoms with E-state index in [4.69, 9.17) is 22.7 Å². The molecule has 0 spiro atoms. The highest BCUT2D eigenvalue weighted by Crippen LogP contribution is 2.22. The van der Waals surface area contributed by atoms with E-state index in [2.05, 4.69) is 17.2 Å². The number of fused-ring (bicyclic) bond motifs is 1. The second-order valence-electron chi connectivity index (χ2n) is 9.40. The first kappa shape index (κ1) is 25.8. The van der Waals surface area contributed by atoms with E-state index in [-0.39, 0.29) is 11.9 Å². The lowest BCUT2D eigenvalue weighted by Gasteiger charge is -2.22. The first-order valence-electron chi connectivity index (χ1n) is 11.5. The van der Waals surface area contributed by atoms with E-state index in [1.165, 1.54) is 0 Å². The van der Waals surface area contributed by atoms with Crippen LogP contribution in [0, 0.1) is 5.92 Å². The van der Waals surface area contributed by atoms with E-state index >= 15 is 0 Å². The molecule has 0 aliphatic heterocycles. The molecule has 0 aliphatic carbocycles. The number of hydrogen-bond acceptors (Lipinski definition) is 4. The molecule has 0 fully saturated rings. The molecule has 0 radical (unpaired) electrons. The van der Waals surface area contributed by atoms with E-state index in [1.54, 1.807) is 0 Å². The molecule has 0 saturated heterocycles. The van der Waals surface area contributed by atoms with Crippen LogP contribution in [0.4, 0.5) is 0 Å². The third kappa shape index (κ3) is 8.61. The van der Waals surface area contributed by atoms with Gasteiger partial charge in [0.15, 0.2) is 0 Å². The van der Waals surface area contributed by atoms with Crippen LogP contribution >= 0.6 is 12.2 Å². The van der Waals surface area contributed by atoms with Crippen LogP contribution < -0.4 is 11.1 Å². The minimum atomic E-state index is -0.447. The Morgan fingerprint density at radius 1 is 1.16 bits per heavy atom. The lowest BCUT2D eigenvalue weighted by molar-refractivity contribution is -0.156. The van der Waals surface area contributed by atoms with Gasteiger partial charge in [-0.05, 0) is 70.2 Å². The largest absolute Gasteiger partial charge is 0.460 e. The Morgan fingerprint density at radius 3 is 2.53 bits per heavy atom. The highest BCUT2D eigenvalue weighted by molar-refractivity contribution is 7.80. The molecule has 2 aromatic rings. The molecule has 1 amide bonds. The predicted molar refractivity (Wildman–Crippen MR) is 134 cm³/mol. The summed E-state index contributed by atoms with van der Waals surface area (Å²) in [6, 6.07) is 7.41. The second kappa shape index (κ2) is 12.0. The first-order valence-corrected chi connectivity index (χ1v) is 11.9. The Kier molecular flexibility index (Phi) is 9.69. The van der Waals surface area contributed by atoms with Gasteiger partial charge in [-0.15, -0.1) is 0 Å². The fourth-order valence-corrected chi connectivity index (χ4v) is 3.85. The van der Waals surface area contributed by atoms with Gasteiger partial charge in [0.2, 0.25) is 0 Å². The van der Waals surface area contributed by atoms with Gasteiger partial charge in [-0.25, -0.2) is 0 Å². The molecular weight excluding hydrogens is 422 g/mol. The summed E-state index contributed by atoms with van der Waals surface area (Å²) in [6.07, 6.45) is 6.52. The topological polar surface area (TPSA) is 97.2 Å². The van der Waals surface area contributed by atoms with Crippen molar-refractivity contribution in [3.05, 3.63) is 35.5 Å². The van der Waals surface area contributed by atoms with Crippen LogP contribution in [0.1, 0.15) is 88.7 Å². The standard InChI is InChI=1S/C25H37N3O3S/c1-5-6-9-17(14-22(29)31-25(2,3)4)10-7-8-13-27-24(30)21-16-19-15-18(23(26)32)11-12-20(19)28-21/h11-12,15-17,28H,5-10,13-14H2,1-4H3,(H2,26,32)(H,27,30). The van der Waals surface area contributed by atoms with Crippen LogP contribution in [0.25, 0.3) is 10.9 Å². The van der Waals surface area contributed by atoms with Gasteiger partial charge in [0.25, 0.3) is 5.91 Å². The number of esters is 1. The maximum absolute atomic E-state index is 12.5. The Hall–Kier alpha value is -2.41. The zero-order valence-corrected chi connectivity index (χ0v) is 20.6. The average molecular weight is 460 g/mol. The fraction of sp³-hybridized carbons (Fsp3) is 0.560. The van der Waals surface area contributed by atoms with E-state index in [9.17, 15) is 9.59 Å². The summed E-state index contributed by atoms with van der Waals surface area (Å²) in [4.78, 5) is 28.2. The molecule has 32 heavy (non-hydrogen) atoms. The summed E-state index contributed by atoms with van der Waals surface area (Å²) in [7, 11) is 0. The van der Waals surface area contributed by atoms with Crippen LogP contribution in [0.15, 0.2) is 24.3 Å². The van der Waals surface area contributed by atoms with Crippen molar-refractivity contribution >= 4 is 40.0 Å². The number of benzene rings is 1. The zero-order valence-electron chi connectivity index (χ0n) is 19.8. The Morgan fingerprint density at radius 2 is 1.88 bits per heavy atom. The SMILES string of the molecule is CCCCC(CCCCNC(=O)c1cc2cc(C(N)=S)ccc2[nH]1)CC(=O)OC(C)(C)C. The highest BCUT2D eigenvalue weighted by atomic mass is 32.1. The summed E-state index contributed by atoms with van der Waals surface area (Å²) < 4.78 is 5.49. The van der Waals surface area contributed by atoms with Gasteiger partial charge >= 0.3 is 5.97 Å². The van der Waals surface area contributed by atoms with E-state index in [0.717, 1.165) is 55.0 Å². The summed E-state index contributed by atoms with van der Waals surface area (Å²) in [5.41, 5.74) is 7.41. The van der Waals surface area contributed by atoms with Crippen molar-refractivity contribution in [2.24, 2.45) is 11.7 Å². The van der Waals surface area contributed by atoms with Crippen molar-refractivity contribution in [2.75, 3.05) is 6.54 Å². The maximum Gasteiger partial charge on any atom is 0.306 e. The number of aromatic nitrogens is 1. The second-order valence-corrected chi connectivity index (χ2v) is 9.84. The molecule has 1 unspecified atom stereocenters. The van der Waals surface area contributed by atoms with Gasteiger partial charge in [-0.3, -0.25) is 9.59 Å². The minimum absolute atomic E-state index is 0.121. The van der Waals surface area contributed by atoms with E-state index < -0.39 is 5.60 Å². The molecule has 1 atom stereocenters. The zero-order chi connectivity index (χ0) is 23.7. The van der Waals surface area contributed by atoms with Crippen molar-refractivity contribution < 1.29 is 14.3 Å². The number of rotatable bonds is 12. The van der Waals surface area contributed by atoms with E-state index in [1.807, 2.05) is 45.0 Å². The summed E-state index contributed by atoms with van der Waals surface area (Å²) >= 11 is 5.02. The molecule has 1 aromatic carbocycles. The maximum atomic E-state index is 12.5. The number of thiocarbonyl (C=S) groups is 1. The van der Waals surface area contributed by atoms with Crippen molar-refractivity contribution in [1.82, 2.24) is 10.3 Å². The van der Waals surface area contributed by atoms with Crippen LogP contribution in [0.3, 0.4) is 0 Å². The van der Waals surface area contributed by atoms with Crippen LogP contribution in [-0.2, 0) is 9.53 Å². The van der Waals surface area contributed by atoms with Gasteiger partial charge in [-0.2, -0.15) is 0 Å². The van der Waals surface area contributed by atoms with Crippen molar-refractivity contribution in [3.8, 4) is 0 Å². The Balaban J connectivity index is 1.79. The molecule has 2 rings (SSSR count). The molecule has 6 nitrogen and oxygen atoms in total. The average Bonchev–Trinajstić information content (AvgIpc) is 3.13. The molecule has 4 N–H and O–H groups in total. The van der Waals surface area contributed by atoms with Crippen LogP contribution in [-0.4, -0.2) is 34.0 Å². The number of unbranched alkanes of at least 4 members (excludes halogenated alkanes) is 2. The monoisotopic (exact) mass is 459 g/mol. The predicted octanol–water partition coefficient (Wildman–Crippen LogP) is 5.24. The molecule has 0 bridgehead atoms. The lowest BCUT2D eigenvalue weighted by atomic mass is 9.93. The Labute approximate surface area is 196 Å². The van der Waals surface area contributed by atoms with Gasteiger partial charge in [0.1, 0.15) is 16.3 Å². The normalized spacial score (nSPS) is 12.5. The number of hydrogen-bond donors (Lipinski definition) is 3. The smallest absolute Gasteiger partial charge is 0.306 e. The number of H-pyrrole nitrogens is 1. The first-order chi connectivity index (χ1) is 15.1. The molecule has 1 heterocycles. The summed E-state index contributed by atoms with van der Waals surface area (Å²) in [5.74, 6) is 0.0793. The molecule has 0 aliphatic rings. The number of ether oxygens (including phenoxy) is 1. The van der Waals surface area contributed by atoms with Gasteiger partial charge in [0.05, 0.1) is 0 Å². The molecule has 1 aromatic heterocycles. The molecule has 176 valence electrons. The number of amides is 1. The van der Waals surface area contributed by atoms with Crippen LogP contribution in [0.2, 0.25) is 0 Å². The Bertz CT molecular complexity index is 930. The minimum Gasteiger partial charge on any atom is -0.460 e. The lowest BCUT2D eigenvalue weighted by Crippen LogP contribution is -2.26. The third-order valence-corrected chi connectivity index (χ3v) is 5.55. The number of carbonyl (C=O) groups is 2. The fourth-order valence-electron chi connectivity index (χ4n) is 3.72. The highest BCUT2D eigenvalue weighted by Gasteiger charge is 2.20. The number of nitrogens with two attached hydrogens (primary N) is 1. The molecule has 0 saturated carbocycles. The molecular formula is C25H37N3O3S. The number of nitrogens with one attached hydrogen (secondary N) is 2. The number of carbonyl (C=O) groups excluding carboxylic acids is 2.